The number of carbonyl (C=O) groups excluding carboxylic acids is 1. The van der Waals surface area contributed by atoms with Gasteiger partial charge in [0.05, 0.1) is 6.04 Å². The van der Waals surface area contributed by atoms with E-state index in [-0.39, 0.29) is 11.8 Å². The number of aryl methyl sites for hydroxylation is 1. The molecule has 0 bridgehead atoms. The summed E-state index contributed by atoms with van der Waals surface area (Å²) in [5, 5.41) is 0. The summed E-state index contributed by atoms with van der Waals surface area (Å²) in [7, 11) is 0. The minimum Gasteiger partial charge on any atom is -0.320 e. The van der Waals surface area contributed by atoms with E-state index in [9.17, 15) is 4.79 Å². The molecule has 94 valence electrons. The van der Waals surface area contributed by atoms with Crippen LogP contribution >= 0.6 is 0 Å². The number of likely N-dealkylation sites (N-methyl/N-ethyl adjacent to an activating group) is 1. The number of hydrogen-bond donors (Lipinski definition) is 1. The van der Waals surface area contributed by atoms with Crippen LogP contribution in [0.4, 0.5) is 5.69 Å². The van der Waals surface area contributed by atoms with Gasteiger partial charge in [-0.2, -0.15) is 0 Å². The molecule has 17 heavy (non-hydrogen) atoms. The third kappa shape index (κ3) is 3.07. The Labute approximate surface area is 104 Å². The average Bonchev–Trinajstić information content (AvgIpc) is 2.31. The zero-order chi connectivity index (χ0) is 13.0. The minimum absolute atomic E-state index is 0.00296. The summed E-state index contributed by atoms with van der Waals surface area (Å²) < 4.78 is 0. The molecule has 0 unspecified atom stereocenters. The molecule has 0 aliphatic rings. The Bertz CT molecular complexity index is 388. The zero-order valence-electron chi connectivity index (χ0n) is 11.1. The van der Waals surface area contributed by atoms with Crippen molar-refractivity contribution >= 4 is 11.6 Å². The lowest BCUT2D eigenvalue weighted by atomic mass is 10.0. The average molecular weight is 234 g/mol. The lowest BCUT2D eigenvalue weighted by Crippen LogP contribution is -2.46. The van der Waals surface area contributed by atoms with Crippen molar-refractivity contribution in [1.29, 1.82) is 0 Å². The molecule has 0 aromatic heterocycles. The smallest absolute Gasteiger partial charge is 0.244 e. The van der Waals surface area contributed by atoms with Gasteiger partial charge in [0, 0.05) is 12.2 Å². The van der Waals surface area contributed by atoms with Crippen LogP contribution in [0.5, 0.6) is 0 Å². The first-order valence-corrected chi connectivity index (χ1v) is 6.11. The van der Waals surface area contributed by atoms with Gasteiger partial charge in [-0.1, -0.05) is 32.0 Å². The number of nitrogens with zero attached hydrogens (tertiary/aromatic N) is 1. The van der Waals surface area contributed by atoms with Crippen molar-refractivity contribution in [3.8, 4) is 0 Å². The van der Waals surface area contributed by atoms with Gasteiger partial charge in [-0.3, -0.25) is 4.79 Å². The summed E-state index contributed by atoms with van der Waals surface area (Å²) in [5.74, 6) is 0.150. The topological polar surface area (TPSA) is 46.3 Å². The standard InChI is InChI=1S/C14H22N2O/c1-5-16(14(17)13(15)10(2)3)12-9-7-6-8-11(12)4/h6-10,13H,5,15H2,1-4H3/t13-/m1/s1. The Morgan fingerprint density at radius 1 is 1.35 bits per heavy atom. The van der Waals surface area contributed by atoms with E-state index in [1.807, 2.05) is 52.0 Å². The fraction of sp³-hybridized carbons (Fsp3) is 0.500. The van der Waals surface area contributed by atoms with Crippen LogP contribution < -0.4 is 10.6 Å². The van der Waals surface area contributed by atoms with Crippen molar-refractivity contribution in [2.24, 2.45) is 11.7 Å². The highest BCUT2D eigenvalue weighted by Gasteiger charge is 2.24. The van der Waals surface area contributed by atoms with Crippen molar-refractivity contribution in [2.75, 3.05) is 11.4 Å². The van der Waals surface area contributed by atoms with Gasteiger partial charge in [0.15, 0.2) is 0 Å². The number of nitrogens with two attached hydrogens (primary N) is 1. The lowest BCUT2D eigenvalue weighted by Gasteiger charge is -2.27. The first kappa shape index (κ1) is 13.7. The van der Waals surface area contributed by atoms with Crippen LogP contribution in [-0.2, 0) is 4.79 Å². The van der Waals surface area contributed by atoms with Crippen molar-refractivity contribution in [2.45, 2.75) is 33.7 Å². The maximum absolute atomic E-state index is 12.3. The second-order valence-electron chi connectivity index (χ2n) is 4.64. The molecule has 3 heteroatoms. The van der Waals surface area contributed by atoms with Crippen molar-refractivity contribution < 1.29 is 4.79 Å². The van der Waals surface area contributed by atoms with Crippen molar-refractivity contribution in [3.05, 3.63) is 29.8 Å². The van der Waals surface area contributed by atoms with Crippen LogP contribution in [0.3, 0.4) is 0 Å². The third-order valence-electron chi connectivity index (χ3n) is 2.99. The van der Waals surface area contributed by atoms with Gasteiger partial charge in [0.1, 0.15) is 0 Å². The van der Waals surface area contributed by atoms with E-state index in [0.717, 1.165) is 11.3 Å². The van der Waals surface area contributed by atoms with Crippen molar-refractivity contribution in [1.82, 2.24) is 0 Å². The number of carbonyl (C=O) groups is 1. The zero-order valence-corrected chi connectivity index (χ0v) is 11.1. The van der Waals surface area contributed by atoms with Gasteiger partial charge >= 0.3 is 0 Å². The highest BCUT2D eigenvalue weighted by atomic mass is 16.2. The number of para-hydroxylation sites is 1. The van der Waals surface area contributed by atoms with E-state index in [1.54, 1.807) is 4.90 Å². The van der Waals surface area contributed by atoms with Gasteiger partial charge in [0.25, 0.3) is 0 Å². The molecule has 0 radical (unpaired) electrons. The normalized spacial score (nSPS) is 12.6. The maximum atomic E-state index is 12.3. The van der Waals surface area contributed by atoms with Crippen molar-refractivity contribution in [3.63, 3.8) is 0 Å². The molecule has 0 aliphatic heterocycles. The molecule has 1 amide bonds. The summed E-state index contributed by atoms with van der Waals surface area (Å²) in [5.41, 5.74) is 7.98. The summed E-state index contributed by atoms with van der Waals surface area (Å²) in [4.78, 5) is 14.0. The molecule has 1 aromatic carbocycles. The molecule has 0 fully saturated rings. The molecular formula is C14H22N2O. The molecule has 0 heterocycles. The maximum Gasteiger partial charge on any atom is 0.244 e. The van der Waals surface area contributed by atoms with E-state index >= 15 is 0 Å². The van der Waals surface area contributed by atoms with E-state index in [4.69, 9.17) is 5.73 Å². The fourth-order valence-corrected chi connectivity index (χ4v) is 1.78. The van der Waals surface area contributed by atoms with Crippen LogP contribution in [0.2, 0.25) is 0 Å². The van der Waals surface area contributed by atoms with E-state index < -0.39 is 6.04 Å². The fourth-order valence-electron chi connectivity index (χ4n) is 1.78. The molecule has 0 saturated heterocycles. The van der Waals surface area contributed by atoms with Gasteiger partial charge in [-0.25, -0.2) is 0 Å². The Morgan fingerprint density at radius 2 is 1.94 bits per heavy atom. The van der Waals surface area contributed by atoms with Gasteiger partial charge in [0.2, 0.25) is 5.91 Å². The highest BCUT2D eigenvalue weighted by molar-refractivity contribution is 5.97. The second kappa shape index (κ2) is 5.82. The van der Waals surface area contributed by atoms with Gasteiger partial charge in [-0.05, 0) is 31.4 Å². The lowest BCUT2D eigenvalue weighted by molar-refractivity contribution is -0.120. The van der Waals surface area contributed by atoms with E-state index in [1.165, 1.54) is 0 Å². The number of benzene rings is 1. The second-order valence-corrected chi connectivity index (χ2v) is 4.64. The Morgan fingerprint density at radius 3 is 2.41 bits per heavy atom. The minimum atomic E-state index is -0.436. The first-order chi connectivity index (χ1) is 7.99. The molecule has 1 atom stereocenters. The number of hydrogen-bond acceptors (Lipinski definition) is 2. The Hall–Kier alpha value is -1.35. The monoisotopic (exact) mass is 234 g/mol. The van der Waals surface area contributed by atoms with E-state index in [0.29, 0.717) is 6.54 Å². The molecule has 1 rings (SSSR count). The Kier molecular flexibility index (Phi) is 4.70. The largest absolute Gasteiger partial charge is 0.320 e. The molecule has 0 aliphatic carbocycles. The summed E-state index contributed by atoms with van der Waals surface area (Å²) in [6.45, 7) is 8.55. The number of anilines is 1. The molecule has 1 aromatic rings. The van der Waals surface area contributed by atoms with Crippen LogP contribution in [0.25, 0.3) is 0 Å². The van der Waals surface area contributed by atoms with Crippen LogP contribution in [0, 0.1) is 12.8 Å². The molecule has 0 spiro atoms. The molecule has 0 saturated carbocycles. The van der Waals surface area contributed by atoms with Gasteiger partial charge < -0.3 is 10.6 Å². The molecular weight excluding hydrogens is 212 g/mol. The first-order valence-electron chi connectivity index (χ1n) is 6.11. The Balaban J connectivity index is 3.00. The highest BCUT2D eigenvalue weighted by Crippen LogP contribution is 2.20. The van der Waals surface area contributed by atoms with E-state index in [2.05, 4.69) is 0 Å². The van der Waals surface area contributed by atoms with Crippen LogP contribution in [0.15, 0.2) is 24.3 Å². The quantitative estimate of drug-likeness (QED) is 0.869. The third-order valence-corrected chi connectivity index (χ3v) is 2.99. The number of amides is 1. The SMILES string of the molecule is CCN(C(=O)[C@H](N)C(C)C)c1ccccc1C. The molecule has 3 nitrogen and oxygen atoms in total. The predicted molar refractivity (Wildman–Crippen MR) is 72.0 cm³/mol. The van der Waals surface area contributed by atoms with Gasteiger partial charge in [-0.15, -0.1) is 0 Å². The summed E-state index contributed by atoms with van der Waals surface area (Å²) >= 11 is 0. The molecule has 2 N–H and O–H groups in total. The number of rotatable bonds is 4. The summed E-state index contributed by atoms with van der Waals surface area (Å²) in [6, 6.07) is 7.45. The van der Waals surface area contributed by atoms with Crippen LogP contribution in [0.1, 0.15) is 26.3 Å². The van der Waals surface area contributed by atoms with Crippen LogP contribution in [-0.4, -0.2) is 18.5 Å². The predicted octanol–water partition coefficient (Wildman–Crippen LogP) is 2.33. The summed E-state index contributed by atoms with van der Waals surface area (Å²) in [6.07, 6.45) is 0.